The Bertz CT molecular complexity index is 111. The second kappa shape index (κ2) is 3.55. The molecule has 2 saturated heterocycles. The van der Waals surface area contributed by atoms with Gasteiger partial charge in [0.15, 0.2) is 0 Å². The molecule has 0 bridgehead atoms. The summed E-state index contributed by atoms with van der Waals surface area (Å²) in [6.07, 6.45) is 7.42. The first-order chi connectivity index (χ1) is 5.47. The minimum atomic E-state index is 0.603. The zero-order chi connectivity index (χ0) is 7.52. The lowest BCUT2D eigenvalue weighted by atomic mass is 10.2. The molecule has 1 unspecified atom stereocenters. The second-order valence-electron chi connectivity index (χ2n) is 3.63. The maximum atomic E-state index is 4.64. The van der Waals surface area contributed by atoms with Crippen molar-refractivity contribution < 1.29 is 0 Å². The first-order valence-electron chi connectivity index (χ1n) is 4.87. The Morgan fingerprint density at radius 3 is 2.91 bits per heavy atom. The summed E-state index contributed by atoms with van der Waals surface area (Å²) < 4.78 is 0. The molecule has 2 aliphatic heterocycles. The normalized spacial score (nSPS) is 34.4. The number of nitrogens with zero attached hydrogens (tertiary/aromatic N) is 2. The fourth-order valence-corrected chi connectivity index (χ4v) is 2.13. The summed E-state index contributed by atoms with van der Waals surface area (Å²) in [6.45, 7) is 3.71. The first kappa shape index (κ1) is 7.56. The molecule has 2 nitrogen and oxygen atoms in total. The van der Waals surface area contributed by atoms with Crippen molar-refractivity contribution in [2.75, 3.05) is 19.6 Å². The van der Waals surface area contributed by atoms with E-state index in [1.165, 1.54) is 45.2 Å². The molecule has 0 saturated carbocycles. The Hall–Kier alpha value is -0.0800. The summed E-state index contributed by atoms with van der Waals surface area (Å²) in [5.74, 6) is 0. The van der Waals surface area contributed by atoms with Gasteiger partial charge in [0.2, 0.25) is 0 Å². The highest BCUT2D eigenvalue weighted by Crippen LogP contribution is 2.18. The van der Waals surface area contributed by atoms with Gasteiger partial charge in [-0.1, -0.05) is 12.8 Å². The van der Waals surface area contributed by atoms with Gasteiger partial charge in [-0.3, -0.25) is 4.90 Å². The summed E-state index contributed by atoms with van der Waals surface area (Å²) in [5.41, 5.74) is 0. The van der Waals surface area contributed by atoms with Gasteiger partial charge >= 0.3 is 0 Å². The molecule has 2 aliphatic rings. The standard InChI is InChI=1S/C9H17N2/c1-2-5-9-10-6-4-8-11(9)7-3-1/h9H,1-8H2. The Balaban J connectivity index is 1.93. The smallest absolute Gasteiger partial charge is 0.0760 e. The van der Waals surface area contributed by atoms with Crippen LogP contribution in [0.25, 0.3) is 0 Å². The van der Waals surface area contributed by atoms with Gasteiger partial charge in [0.25, 0.3) is 0 Å². The molecule has 63 valence electrons. The molecule has 0 amide bonds. The van der Waals surface area contributed by atoms with E-state index in [0.717, 1.165) is 6.54 Å². The van der Waals surface area contributed by atoms with Gasteiger partial charge in [-0.2, -0.15) is 0 Å². The van der Waals surface area contributed by atoms with Gasteiger partial charge in [0.05, 0.1) is 6.17 Å². The van der Waals surface area contributed by atoms with Crippen LogP contribution in [0, 0.1) is 0 Å². The lowest BCUT2D eigenvalue weighted by Gasteiger charge is -2.33. The predicted octanol–water partition coefficient (Wildman–Crippen LogP) is 1.20. The average molecular weight is 153 g/mol. The van der Waals surface area contributed by atoms with Crippen LogP contribution in [0.4, 0.5) is 0 Å². The van der Waals surface area contributed by atoms with Gasteiger partial charge in [-0.05, 0) is 25.8 Å². The highest BCUT2D eigenvalue weighted by molar-refractivity contribution is 4.77. The number of hydrogen-bond donors (Lipinski definition) is 0. The minimum absolute atomic E-state index is 0.603. The summed E-state index contributed by atoms with van der Waals surface area (Å²) in [5, 5.41) is 4.64. The molecular formula is C9H17N2. The Kier molecular flexibility index (Phi) is 2.44. The van der Waals surface area contributed by atoms with Crippen molar-refractivity contribution in [1.82, 2.24) is 10.2 Å². The van der Waals surface area contributed by atoms with E-state index in [0.29, 0.717) is 6.17 Å². The van der Waals surface area contributed by atoms with Crippen LogP contribution in [-0.2, 0) is 0 Å². The van der Waals surface area contributed by atoms with E-state index < -0.39 is 0 Å². The maximum Gasteiger partial charge on any atom is 0.0760 e. The first-order valence-corrected chi connectivity index (χ1v) is 4.87. The third-order valence-corrected chi connectivity index (χ3v) is 2.77. The van der Waals surface area contributed by atoms with E-state index in [1.54, 1.807) is 0 Å². The van der Waals surface area contributed by atoms with Crippen molar-refractivity contribution in [2.24, 2.45) is 0 Å². The van der Waals surface area contributed by atoms with Crippen LogP contribution < -0.4 is 5.32 Å². The van der Waals surface area contributed by atoms with Crippen LogP contribution in [0.3, 0.4) is 0 Å². The van der Waals surface area contributed by atoms with Gasteiger partial charge in [0.1, 0.15) is 0 Å². The maximum absolute atomic E-state index is 4.64. The fraction of sp³-hybridized carbons (Fsp3) is 1.00. The van der Waals surface area contributed by atoms with E-state index in [9.17, 15) is 0 Å². The van der Waals surface area contributed by atoms with Crippen LogP contribution in [0.5, 0.6) is 0 Å². The number of hydrogen-bond acceptors (Lipinski definition) is 1. The number of rotatable bonds is 0. The lowest BCUT2D eigenvalue weighted by Crippen LogP contribution is -2.46. The van der Waals surface area contributed by atoms with Crippen molar-refractivity contribution in [3.63, 3.8) is 0 Å². The zero-order valence-electron chi connectivity index (χ0n) is 7.13. The predicted molar refractivity (Wildman–Crippen MR) is 45.4 cm³/mol. The summed E-state index contributed by atoms with van der Waals surface area (Å²) in [7, 11) is 0. The van der Waals surface area contributed by atoms with Crippen molar-refractivity contribution in [3.8, 4) is 0 Å². The summed E-state index contributed by atoms with van der Waals surface area (Å²) in [4.78, 5) is 2.57. The van der Waals surface area contributed by atoms with E-state index >= 15 is 0 Å². The molecule has 0 aromatic rings. The van der Waals surface area contributed by atoms with Crippen LogP contribution in [-0.4, -0.2) is 30.7 Å². The van der Waals surface area contributed by atoms with E-state index in [4.69, 9.17) is 0 Å². The molecule has 0 aromatic carbocycles. The molecule has 0 spiro atoms. The molecule has 0 aromatic heterocycles. The molecule has 1 radical (unpaired) electrons. The van der Waals surface area contributed by atoms with Crippen molar-refractivity contribution in [2.45, 2.75) is 38.3 Å². The lowest BCUT2D eigenvalue weighted by molar-refractivity contribution is 0.130. The second-order valence-corrected chi connectivity index (χ2v) is 3.63. The molecule has 2 heterocycles. The quantitative estimate of drug-likeness (QED) is 0.511. The van der Waals surface area contributed by atoms with E-state index in [-0.39, 0.29) is 0 Å². The molecule has 2 fully saturated rings. The minimum Gasteiger partial charge on any atom is -0.287 e. The van der Waals surface area contributed by atoms with Gasteiger partial charge < -0.3 is 0 Å². The Morgan fingerprint density at radius 2 is 1.91 bits per heavy atom. The van der Waals surface area contributed by atoms with Crippen molar-refractivity contribution in [3.05, 3.63) is 0 Å². The van der Waals surface area contributed by atoms with Crippen LogP contribution in [0.1, 0.15) is 32.1 Å². The highest BCUT2D eigenvalue weighted by atomic mass is 15.3. The van der Waals surface area contributed by atoms with Crippen LogP contribution in [0.2, 0.25) is 0 Å². The molecule has 11 heavy (non-hydrogen) atoms. The fourth-order valence-electron chi connectivity index (χ4n) is 2.13. The molecule has 1 atom stereocenters. The van der Waals surface area contributed by atoms with E-state index in [1.807, 2.05) is 0 Å². The summed E-state index contributed by atoms with van der Waals surface area (Å²) >= 11 is 0. The third kappa shape index (κ3) is 1.74. The van der Waals surface area contributed by atoms with Gasteiger partial charge in [-0.25, -0.2) is 5.32 Å². The molecular weight excluding hydrogens is 136 g/mol. The zero-order valence-corrected chi connectivity index (χ0v) is 7.13. The van der Waals surface area contributed by atoms with Crippen LogP contribution >= 0.6 is 0 Å². The van der Waals surface area contributed by atoms with E-state index in [2.05, 4.69) is 10.2 Å². The van der Waals surface area contributed by atoms with Crippen LogP contribution in [0.15, 0.2) is 0 Å². The SMILES string of the molecule is C1CCC2[N]CCCN2CC1. The third-order valence-electron chi connectivity index (χ3n) is 2.77. The molecule has 0 N–H and O–H groups in total. The average Bonchev–Trinajstić information content (AvgIpc) is 2.28. The van der Waals surface area contributed by atoms with Gasteiger partial charge in [0, 0.05) is 13.1 Å². The largest absolute Gasteiger partial charge is 0.287 e. The van der Waals surface area contributed by atoms with Crippen molar-refractivity contribution in [1.29, 1.82) is 0 Å². The van der Waals surface area contributed by atoms with Gasteiger partial charge in [-0.15, -0.1) is 0 Å². The topological polar surface area (TPSA) is 17.3 Å². The monoisotopic (exact) mass is 153 g/mol. The Labute approximate surface area is 69.0 Å². The summed E-state index contributed by atoms with van der Waals surface area (Å²) in [6, 6.07) is 0. The molecule has 2 heteroatoms. The highest BCUT2D eigenvalue weighted by Gasteiger charge is 2.23. The molecule has 2 rings (SSSR count). The Morgan fingerprint density at radius 1 is 1.00 bits per heavy atom. The van der Waals surface area contributed by atoms with Crippen molar-refractivity contribution >= 4 is 0 Å². The number of fused-ring (bicyclic) bond motifs is 1. The molecule has 0 aliphatic carbocycles.